The fourth-order valence-electron chi connectivity index (χ4n) is 1.27. The Morgan fingerprint density at radius 3 is 2.81 bits per heavy atom. The van der Waals surface area contributed by atoms with Gasteiger partial charge in [0.15, 0.2) is 5.65 Å². The lowest BCUT2D eigenvalue weighted by molar-refractivity contribution is 0.0698. The summed E-state index contributed by atoms with van der Waals surface area (Å²) in [5.41, 5.74) is -2.19. The highest BCUT2D eigenvalue weighted by Crippen LogP contribution is 2.16. The second kappa shape index (κ2) is 3.40. The number of carboxylic acid groups (broad SMARTS) is 1. The smallest absolute Gasteiger partial charge is 0.341 e. The van der Waals surface area contributed by atoms with Gasteiger partial charge in [-0.25, -0.2) is 23.1 Å². The molecule has 0 unspecified atom stereocenters. The number of halogens is 2. The van der Waals surface area contributed by atoms with Crippen LogP contribution in [0.25, 0.3) is 5.65 Å². The molecule has 0 aromatic carbocycles. The second-order valence-electron chi connectivity index (χ2n) is 2.97. The third kappa shape index (κ3) is 1.44. The fourth-order valence-corrected chi connectivity index (χ4v) is 1.27. The summed E-state index contributed by atoms with van der Waals surface area (Å²) in [5, 5.41) is 11.0. The van der Waals surface area contributed by atoms with Crippen LogP contribution in [-0.4, -0.2) is 25.7 Å². The first-order valence-corrected chi connectivity index (χ1v) is 4.13. The molecular weight excluding hydrogens is 224 g/mol. The molecule has 2 rings (SSSR count). The normalized spacial score (nSPS) is 11.2. The molecule has 84 valence electrons. The number of hydrogen-bond donors (Lipinski definition) is 2. The molecule has 0 aliphatic rings. The number of nitrogens with zero attached hydrogens (tertiary/aromatic N) is 2. The van der Waals surface area contributed by atoms with Crippen molar-refractivity contribution in [3.05, 3.63) is 33.9 Å². The lowest BCUT2D eigenvalue weighted by Gasteiger charge is -1.99. The number of carbonyl (C=O) groups is 1. The minimum atomic E-state index is -2.92. The highest BCUT2D eigenvalue weighted by atomic mass is 19.3. The molecule has 0 fully saturated rings. The van der Waals surface area contributed by atoms with Crippen LogP contribution >= 0.6 is 0 Å². The molecule has 0 saturated carbocycles. The predicted octanol–water partition coefficient (Wildman–Crippen LogP) is 0.658. The maximum absolute atomic E-state index is 12.3. The average molecular weight is 229 g/mol. The topological polar surface area (TPSA) is 87.5 Å². The van der Waals surface area contributed by atoms with Crippen LogP contribution in [0.3, 0.4) is 0 Å². The molecule has 0 atom stereocenters. The Kier molecular flexibility index (Phi) is 2.18. The molecule has 16 heavy (non-hydrogen) atoms. The SMILES string of the molecule is O=C(O)c1c[nH]n2c(=O)cc(C(F)F)nc12. The van der Waals surface area contributed by atoms with Crippen molar-refractivity contribution in [3.63, 3.8) is 0 Å². The van der Waals surface area contributed by atoms with Gasteiger partial charge in [0.05, 0.1) is 0 Å². The Morgan fingerprint density at radius 1 is 1.56 bits per heavy atom. The summed E-state index contributed by atoms with van der Waals surface area (Å²) in [6.07, 6.45) is -1.91. The number of aromatic carboxylic acids is 1. The summed E-state index contributed by atoms with van der Waals surface area (Å²) >= 11 is 0. The third-order valence-corrected chi connectivity index (χ3v) is 1.97. The van der Waals surface area contributed by atoms with Crippen molar-refractivity contribution < 1.29 is 18.7 Å². The fraction of sp³-hybridized carbons (Fsp3) is 0.125. The van der Waals surface area contributed by atoms with Crippen LogP contribution < -0.4 is 5.56 Å². The van der Waals surface area contributed by atoms with Crippen LogP contribution in [0.5, 0.6) is 0 Å². The van der Waals surface area contributed by atoms with Gasteiger partial charge in [0.2, 0.25) is 0 Å². The largest absolute Gasteiger partial charge is 0.477 e. The van der Waals surface area contributed by atoms with E-state index >= 15 is 0 Å². The first-order chi connectivity index (χ1) is 7.50. The highest BCUT2D eigenvalue weighted by molar-refractivity contribution is 5.94. The molecule has 6 nitrogen and oxygen atoms in total. The summed E-state index contributed by atoms with van der Waals surface area (Å²) in [4.78, 5) is 25.4. The van der Waals surface area contributed by atoms with Gasteiger partial charge in [-0.05, 0) is 0 Å². The van der Waals surface area contributed by atoms with E-state index in [1.807, 2.05) is 0 Å². The van der Waals surface area contributed by atoms with E-state index in [0.717, 1.165) is 10.7 Å². The lowest BCUT2D eigenvalue weighted by Crippen LogP contribution is -2.16. The van der Waals surface area contributed by atoms with Crippen molar-refractivity contribution in [2.24, 2.45) is 0 Å². The van der Waals surface area contributed by atoms with Gasteiger partial charge in [-0.3, -0.25) is 9.89 Å². The predicted molar refractivity (Wildman–Crippen MR) is 47.7 cm³/mol. The van der Waals surface area contributed by atoms with Gasteiger partial charge < -0.3 is 5.11 Å². The Balaban J connectivity index is 2.82. The molecular formula is C8H5F2N3O3. The highest BCUT2D eigenvalue weighted by Gasteiger charge is 2.17. The van der Waals surface area contributed by atoms with Crippen LogP contribution in [0.2, 0.25) is 0 Å². The van der Waals surface area contributed by atoms with E-state index in [-0.39, 0.29) is 11.2 Å². The summed E-state index contributed by atoms with van der Waals surface area (Å²) in [7, 11) is 0. The monoisotopic (exact) mass is 229 g/mol. The van der Waals surface area contributed by atoms with Crippen LogP contribution in [-0.2, 0) is 0 Å². The molecule has 0 bridgehead atoms. The van der Waals surface area contributed by atoms with Crippen molar-refractivity contribution >= 4 is 11.6 Å². The zero-order chi connectivity index (χ0) is 11.9. The zero-order valence-corrected chi connectivity index (χ0v) is 7.65. The first-order valence-electron chi connectivity index (χ1n) is 4.13. The van der Waals surface area contributed by atoms with E-state index in [0.29, 0.717) is 6.07 Å². The lowest BCUT2D eigenvalue weighted by atomic mass is 10.3. The van der Waals surface area contributed by atoms with Gasteiger partial charge in [0.1, 0.15) is 11.3 Å². The average Bonchev–Trinajstić information content (AvgIpc) is 2.61. The summed E-state index contributed by atoms with van der Waals surface area (Å²) in [5.74, 6) is -1.35. The van der Waals surface area contributed by atoms with E-state index in [1.54, 1.807) is 0 Å². The maximum atomic E-state index is 12.3. The van der Waals surface area contributed by atoms with Gasteiger partial charge in [-0.1, -0.05) is 0 Å². The Labute approximate surface area is 86.1 Å². The van der Waals surface area contributed by atoms with Crippen molar-refractivity contribution in [2.45, 2.75) is 6.43 Å². The van der Waals surface area contributed by atoms with Crippen LogP contribution in [0.4, 0.5) is 8.78 Å². The van der Waals surface area contributed by atoms with E-state index in [1.165, 1.54) is 0 Å². The van der Waals surface area contributed by atoms with Crippen LogP contribution in [0, 0.1) is 0 Å². The molecule has 0 aliphatic heterocycles. The summed E-state index contributed by atoms with van der Waals surface area (Å²) in [6, 6.07) is 0.653. The number of aromatic amines is 1. The maximum Gasteiger partial charge on any atom is 0.341 e. The quantitative estimate of drug-likeness (QED) is 0.791. The molecule has 0 amide bonds. The molecule has 0 radical (unpaired) electrons. The van der Waals surface area contributed by atoms with Crippen molar-refractivity contribution in [3.8, 4) is 0 Å². The standard InChI is InChI=1S/C8H5F2N3O3/c9-6(10)4-1-5(14)13-7(12-4)3(2-11-13)8(15)16/h1-2,6,11H,(H,15,16). The minimum absolute atomic E-state index is 0.324. The van der Waals surface area contributed by atoms with Gasteiger partial charge >= 0.3 is 5.97 Å². The molecule has 2 N–H and O–H groups in total. The number of alkyl halides is 2. The molecule has 0 saturated heterocycles. The summed E-state index contributed by atoms with van der Waals surface area (Å²) in [6.45, 7) is 0. The molecule has 0 spiro atoms. The van der Waals surface area contributed by atoms with Crippen molar-refractivity contribution in [1.82, 2.24) is 14.6 Å². The van der Waals surface area contributed by atoms with Crippen LogP contribution in [0.1, 0.15) is 22.5 Å². The molecule has 2 aromatic rings. The minimum Gasteiger partial charge on any atom is -0.477 e. The molecule has 8 heteroatoms. The van der Waals surface area contributed by atoms with Gasteiger partial charge in [-0.2, -0.15) is 0 Å². The second-order valence-corrected chi connectivity index (χ2v) is 2.97. The van der Waals surface area contributed by atoms with Gasteiger partial charge in [-0.15, -0.1) is 0 Å². The molecule has 2 aromatic heterocycles. The van der Waals surface area contributed by atoms with Crippen LogP contribution in [0.15, 0.2) is 17.1 Å². The van der Waals surface area contributed by atoms with E-state index in [2.05, 4.69) is 10.1 Å². The third-order valence-electron chi connectivity index (χ3n) is 1.97. The number of fused-ring (bicyclic) bond motifs is 1. The number of rotatable bonds is 2. The Bertz CT molecular complexity index is 617. The Hall–Kier alpha value is -2.25. The summed E-state index contributed by atoms with van der Waals surface area (Å²) < 4.78 is 25.5. The van der Waals surface area contributed by atoms with Gasteiger partial charge in [0, 0.05) is 12.3 Å². The number of nitrogens with one attached hydrogen (secondary N) is 1. The van der Waals surface area contributed by atoms with Crippen molar-refractivity contribution in [2.75, 3.05) is 0 Å². The molecule has 2 heterocycles. The number of hydrogen-bond acceptors (Lipinski definition) is 3. The zero-order valence-electron chi connectivity index (χ0n) is 7.65. The van der Waals surface area contributed by atoms with E-state index < -0.39 is 23.6 Å². The number of aromatic nitrogens is 3. The number of carboxylic acids is 1. The van der Waals surface area contributed by atoms with E-state index in [9.17, 15) is 18.4 Å². The first kappa shape index (κ1) is 10.3. The Morgan fingerprint density at radius 2 is 2.25 bits per heavy atom. The molecule has 0 aliphatic carbocycles. The van der Waals surface area contributed by atoms with Gasteiger partial charge in [0.25, 0.3) is 12.0 Å². The number of H-pyrrole nitrogens is 1. The van der Waals surface area contributed by atoms with E-state index in [4.69, 9.17) is 5.11 Å². The van der Waals surface area contributed by atoms with Crippen molar-refractivity contribution in [1.29, 1.82) is 0 Å².